The third-order valence-electron chi connectivity index (χ3n) is 2.13. The summed E-state index contributed by atoms with van der Waals surface area (Å²) in [7, 11) is 0. The van der Waals surface area contributed by atoms with Gasteiger partial charge >= 0.3 is 0 Å². The van der Waals surface area contributed by atoms with Crippen LogP contribution in [0.25, 0.3) is 0 Å². The lowest BCUT2D eigenvalue weighted by molar-refractivity contribution is 0.0950. The van der Waals surface area contributed by atoms with E-state index in [0.717, 1.165) is 0 Å². The first-order chi connectivity index (χ1) is 8.75. The van der Waals surface area contributed by atoms with Crippen LogP contribution in [0.2, 0.25) is 0 Å². The van der Waals surface area contributed by atoms with E-state index in [1.54, 1.807) is 30.3 Å². The predicted octanol–water partition coefficient (Wildman–Crippen LogP) is 1.98. The lowest BCUT2D eigenvalue weighted by atomic mass is 10.2. The Balaban J connectivity index is 1.98. The molecule has 2 aromatic rings. The van der Waals surface area contributed by atoms with Crippen molar-refractivity contribution in [3.8, 4) is 0 Å². The van der Waals surface area contributed by atoms with E-state index >= 15 is 0 Å². The Bertz CT molecular complexity index is 569. The third-order valence-corrected chi connectivity index (χ3v) is 2.13. The molecule has 4 nitrogen and oxygen atoms in total. The molecule has 0 unspecified atom stereocenters. The molecule has 0 aliphatic heterocycles. The van der Waals surface area contributed by atoms with Gasteiger partial charge in [-0.3, -0.25) is 9.78 Å². The molecule has 1 aromatic carbocycles. The summed E-state index contributed by atoms with van der Waals surface area (Å²) in [6, 6.07) is 10.9. The standard InChI is InChI=1S/C13H10FN3O/c14-11-5-3-4-10(8-11)9-16-17-13(18)12-6-1-2-7-15-12/h1-9H,(H,17,18). The van der Waals surface area contributed by atoms with Crippen molar-refractivity contribution in [3.63, 3.8) is 0 Å². The fourth-order valence-electron chi connectivity index (χ4n) is 1.31. The lowest BCUT2D eigenvalue weighted by Gasteiger charge is -1.98. The van der Waals surface area contributed by atoms with Crippen molar-refractivity contribution in [2.45, 2.75) is 0 Å². The van der Waals surface area contributed by atoms with Crippen LogP contribution in [0.5, 0.6) is 0 Å². The Hall–Kier alpha value is -2.56. The van der Waals surface area contributed by atoms with Crippen molar-refractivity contribution >= 4 is 12.1 Å². The average Bonchev–Trinajstić information content (AvgIpc) is 2.40. The van der Waals surface area contributed by atoms with Crippen molar-refractivity contribution < 1.29 is 9.18 Å². The first-order valence-electron chi connectivity index (χ1n) is 5.26. The van der Waals surface area contributed by atoms with Crippen LogP contribution < -0.4 is 5.43 Å². The highest BCUT2D eigenvalue weighted by atomic mass is 19.1. The Morgan fingerprint density at radius 2 is 2.17 bits per heavy atom. The molecule has 0 aliphatic carbocycles. The minimum Gasteiger partial charge on any atom is -0.266 e. The molecular formula is C13H10FN3O. The van der Waals surface area contributed by atoms with Crippen LogP contribution in [0.3, 0.4) is 0 Å². The minimum atomic E-state index is -0.414. The Morgan fingerprint density at radius 1 is 1.28 bits per heavy atom. The zero-order chi connectivity index (χ0) is 12.8. The van der Waals surface area contributed by atoms with Gasteiger partial charge in [0.05, 0.1) is 6.21 Å². The van der Waals surface area contributed by atoms with Gasteiger partial charge in [-0.2, -0.15) is 5.10 Å². The summed E-state index contributed by atoms with van der Waals surface area (Å²) in [4.78, 5) is 15.4. The van der Waals surface area contributed by atoms with Crippen LogP contribution >= 0.6 is 0 Å². The summed E-state index contributed by atoms with van der Waals surface area (Å²) in [5.74, 6) is -0.766. The molecule has 0 aliphatic rings. The van der Waals surface area contributed by atoms with Crippen molar-refractivity contribution in [2.24, 2.45) is 5.10 Å². The quantitative estimate of drug-likeness (QED) is 0.662. The SMILES string of the molecule is O=C(NN=Cc1cccc(F)c1)c1ccccn1. The van der Waals surface area contributed by atoms with E-state index in [2.05, 4.69) is 15.5 Å². The Kier molecular flexibility index (Phi) is 3.76. The van der Waals surface area contributed by atoms with Gasteiger partial charge < -0.3 is 0 Å². The molecule has 0 spiro atoms. The highest BCUT2D eigenvalue weighted by molar-refractivity contribution is 5.92. The molecule has 18 heavy (non-hydrogen) atoms. The normalized spacial score (nSPS) is 10.5. The lowest BCUT2D eigenvalue weighted by Crippen LogP contribution is -2.18. The van der Waals surface area contributed by atoms with Crippen LogP contribution in [-0.4, -0.2) is 17.1 Å². The highest BCUT2D eigenvalue weighted by Gasteiger charge is 2.03. The first-order valence-corrected chi connectivity index (χ1v) is 5.26. The van der Waals surface area contributed by atoms with Gasteiger partial charge in [-0.25, -0.2) is 9.82 Å². The zero-order valence-corrected chi connectivity index (χ0v) is 9.38. The van der Waals surface area contributed by atoms with E-state index < -0.39 is 5.91 Å². The van der Waals surface area contributed by atoms with Gasteiger partial charge in [0, 0.05) is 6.20 Å². The molecule has 90 valence electrons. The monoisotopic (exact) mass is 243 g/mol. The topological polar surface area (TPSA) is 54.4 Å². The summed E-state index contributed by atoms with van der Waals surface area (Å²) in [6.45, 7) is 0. The number of aromatic nitrogens is 1. The number of halogens is 1. The molecule has 1 N–H and O–H groups in total. The summed E-state index contributed by atoms with van der Waals surface area (Å²) in [5, 5.41) is 3.73. The van der Waals surface area contributed by atoms with E-state index in [-0.39, 0.29) is 11.5 Å². The number of hydrogen-bond acceptors (Lipinski definition) is 3. The van der Waals surface area contributed by atoms with Crippen LogP contribution in [0.4, 0.5) is 4.39 Å². The molecule has 0 bridgehead atoms. The zero-order valence-electron chi connectivity index (χ0n) is 9.38. The number of amides is 1. The van der Waals surface area contributed by atoms with Gasteiger partial charge in [0.15, 0.2) is 0 Å². The summed E-state index contributed by atoms with van der Waals surface area (Å²) >= 11 is 0. The predicted molar refractivity (Wildman–Crippen MR) is 65.7 cm³/mol. The third kappa shape index (κ3) is 3.21. The Labute approximate surface area is 103 Å². The maximum absolute atomic E-state index is 12.9. The number of pyridine rings is 1. The molecule has 0 saturated heterocycles. The molecule has 0 fully saturated rings. The average molecular weight is 243 g/mol. The largest absolute Gasteiger partial charge is 0.289 e. The van der Waals surface area contributed by atoms with Crippen molar-refractivity contribution in [1.29, 1.82) is 0 Å². The summed E-state index contributed by atoms with van der Waals surface area (Å²) in [6.07, 6.45) is 2.88. The van der Waals surface area contributed by atoms with Crippen molar-refractivity contribution in [3.05, 3.63) is 65.7 Å². The number of benzene rings is 1. The van der Waals surface area contributed by atoms with Crippen LogP contribution in [-0.2, 0) is 0 Å². The fraction of sp³-hybridized carbons (Fsp3) is 0. The maximum atomic E-state index is 12.9. The van der Waals surface area contributed by atoms with Crippen LogP contribution in [0.1, 0.15) is 16.1 Å². The van der Waals surface area contributed by atoms with Crippen LogP contribution in [0.15, 0.2) is 53.8 Å². The summed E-state index contributed by atoms with van der Waals surface area (Å²) in [5.41, 5.74) is 3.15. The van der Waals surface area contributed by atoms with Gasteiger partial charge in [0.2, 0.25) is 0 Å². The summed E-state index contributed by atoms with van der Waals surface area (Å²) < 4.78 is 12.9. The van der Waals surface area contributed by atoms with Gasteiger partial charge in [0.1, 0.15) is 11.5 Å². The van der Waals surface area contributed by atoms with Crippen molar-refractivity contribution in [1.82, 2.24) is 10.4 Å². The molecule has 0 saturated carbocycles. The molecule has 1 amide bonds. The molecule has 0 atom stereocenters. The second-order valence-corrected chi connectivity index (χ2v) is 3.47. The molecule has 2 rings (SSSR count). The van der Waals surface area contributed by atoms with Gasteiger partial charge in [-0.1, -0.05) is 18.2 Å². The smallest absolute Gasteiger partial charge is 0.266 e. The van der Waals surface area contributed by atoms with E-state index in [9.17, 15) is 9.18 Å². The van der Waals surface area contributed by atoms with Gasteiger partial charge in [-0.05, 0) is 29.8 Å². The fourth-order valence-corrected chi connectivity index (χ4v) is 1.31. The Morgan fingerprint density at radius 3 is 2.89 bits per heavy atom. The second kappa shape index (κ2) is 5.67. The van der Waals surface area contributed by atoms with E-state index in [1.165, 1.54) is 24.5 Å². The molecule has 0 radical (unpaired) electrons. The minimum absolute atomic E-state index is 0.272. The highest BCUT2D eigenvalue weighted by Crippen LogP contribution is 2.00. The van der Waals surface area contributed by atoms with Crippen molar-refractivity contribution in [2.75, 3.05) is 0 Å². The van der Waals surface area contributed by atoms with Crippen LogP contribution in [0, 0.1) is 5.82 Å². The molecule has 1 aromatic heterocycles. The number of hydrogen-bond donors (Lipinski definition) is 1. The molecular weight excluding hydrogens is 233 g/mol. The number of carbonyl (C=O) groups excluding carboxylic acids is 1. The number of nitrogens with zero attached hydrogens (tertiary/aromatic N) is 2. The van der Waals surface area contributed by atoms with Gasteiger partial charge in [-0.15, -0.1) is 0 Å². The molecule has 5 heteroatoms. The van der Waals surface area contributed by atoms with Gasteiger partial charge in [0.25, 0.3) is 5.91 Å². The maximum Gasteiger partial charge on any atom is 0.289 e. The van der Waals surface area contributed by atoms with E-state index in [0.29, 0.717) is 5.56 Å². The van der Waals surface area contributed by atoms with E-state index in [1.807, 2.05) is 0 Å². The van der Waals surface area contributed by atoms with E-state index in [4.69, 9.17) is 0 Å². The first kappa shape index (κ1) is 11.9. The number of hydrazone groups is 1. The number of carbonyl (C=O) groups is 1. The number of nitrogens with one attached hydrogen (secondary N) is 1. The number of rotatable bonds is 3. The second-order valence-electron chi connectivity index (χ2n) is 3.47. The molecule has 1 heterocycles.